The number of piperazine rings is 1. The number of aliphatic carboxylic acids is 1. The molecule has 0 aromatic carbocycles. The van der Waals surface area contributed by atoms with Crippen LogP contribution in [0.2, 0.25) is 0 Å². The van der Waals surface area contributed by atoms with E-state index in [1.807, 2.05) is 6.08 Å². The molecule has 0 spiro atoms. The number of hydrogen-bond donors (Lipinski definition) is 1. The molecule has 92 valence electrons. The Morgan fingerprint density at radius 2 is 2.25 bits per heavy atom. The standard InChI is InChI=1S/C12H22N2O2/c1-4-7-14-8-10(2)13(3)9-11(14)5-6-12(15)16/h4,10-11H,1,5-9H2,2-3H3,(H,15,16). The molecule has 16 heavy (non-hydrogen) atoms. The fourth-order valence-corrected chi connectivity index (χ4v) is 2.21. The van der Waals surface area contributed by atoms with Crippen molar-refractivity contribution in [1.29, 1.82) is 0 Å². The van der Waals surface area contributed by atoms with Crippen LogP contribution in [0.5, 0.6) is 0 Å². The quantitative estimate of drug-likeness (QED) is 0.711. The van der Waals surface area contributed by atoms with Gasteiger partial charge in [-0.25, -0.2) is 0 Å². The number of carboxylic acids is 1. The van der Waals surface area contributed by atoms with Crippen molar-refractivity contribution in [3.8, 4) is 0 Å². The number of nitrogens with zero attached hydrogens (tertiary/aromatic N) is 2. The zero-order chi connectivity index (χ0) is 12.1. The monoisotopic (exact) mass is 226 g/mol. The SMILES string of the molecule is C=CCN1CC(C)N(C)CC1CCC(=O)O. The van der Waals surface area contributed by atoms with Gasteiger partial charge in [0.1, 0.15) is 0 Å². The van der Waals surface area contributed by atoms with Crippen LogP contribution in [-0.4, -0.2) is 59.6 Å². The predicted molar refractivity (Wildman–Crippen MR) is 64.5 cm³/mol. The van der Waals surface area contributed by atoms with Crippen LogP contribution < -0.4 is 0 Å². The van der Waals surface area contributed by atoms with Crippen molar-refractivity contribution in [3.05, 3.63) is 12.7 Å². The van der Waals surface area contributed by atoms with Gasteiger partial charge in [-0.15, -0.1) is 6.58 Å². The Bertz CT molecular complexity index is 255. The molecule has 1 heterocycles. The molecule has 1 N–H and O–H groups in total. The maximum Gasteiger partial charge on any atom is 0.303 e. The van der Waals surface area contributed by atoms with E-state index in [0.717, 1.165) is 26.1 Å². The summed E-state index contributed by atoms with van der Waals surface area (Å²) in [5.41, 5.74) is 0. The lowest BCUT2D eigenvalue weighted by Crippen LogP contribution is -2.55. The van der Waals surface area contributed by atoms with Gasteiger partial charge in [0.25, 0.3) is 0 Å². The van der Waals surface area contributed by atoms with Crippen molar-refractivity contribution in [2.75, 3.05) is 26.7 Å². The summed E-state index contributed by atoms with van der Waals surface area (Å²) in [7, 11) is 2.10. The Morgan fingerprint density at radius 1 is 1.56 bits per heavy atom. The summed E-state index contributed by atoms with van der Waals surface area (Å²) in [5.74, 6) is -0.708. The number of carboxylic acid groups (broad SMARTS) is 1. The first-order valence-electron chi connectivity index (χ1n) is 5.81. The lowest BCUT2D eigenvalue weighted by atomic mass is 10.0. The Balaban J connectivity index is 2.54. The molecule has 0 radical (unpaired) electrons. The molecule has 0 saturated carbocycles. The summed E-state index contributed by atoms with van der Waals surface area (Å²) in [5, 5.41) is 8.73. The van der Waals surface area contributed by atoms with Gasteiger partial charge in [-0.2, -0.15) is 0 Å². The van der Waals surface area contributed by atoms with Crippen molar-refractivity contribution in [2.24, 2.45) is 0 Å². The van der Waals surface area contributed by atoms with E-state index in [1.54, 1.807) is 0 Å². The van der Waals surface area contributed by atoms with E-state index >= 15 is 0 Å². The molecule has 1 rings (SSSR count). The second kappa shape index (κ2) is 6.01. The summed E-state index contributed by atoms with van der Waals surface area (Å²) in [6, 6.07) is 0.872. The highest BCUT2D eigenvalue weighted by atomic mass is 16.4. The van der Waals surface area contributed by atoms with Crippen molar-refractivity contribution >= 4 is 5.97 Å². The fourth-order valence-electron chi connectivity index (χ4n) is 2.21. The Labute approximate surface area is 97.5 Å². The van der Waals surface area contributed by atoms with E-state index in [2.05, 4.69) is 30.4 Å². The number of carbonyl (C=O) groups is 1. The summed E-state index contributed by atoms with van der Waals surface area (Å²) in [4.78, 5) is 15.2. The van der Waals surface area contributed by atoms with Gasteiger partial charge in [-0.05, 0) is 20.4 Å². The molecule has 4 nitrogen and oxygen atoms in total. The summed E-state index contributed by atoms with van der Waals surface area (Å²) >= 11 is 0. The molecule has 1 fully saturated rings. The van der Waals surface area contributed by atoms with Crippen molar-refractivity contribution in [1.82, 2.24) is 9.80 Å². The maximum atomic E-state index is 10.6. The van der Waals surface area contributed by atoms with Crippen LogP contribution >= 0.6 is 0 Å². The molecule has 4 heteroatoms. The zero-order valence-electron chi connectivity index (χ0n) is 10.2. The summed E-state index contributed by atoms with van der Waals surface area (Å²) in [6.45, 7) is 8.74. The van der Waals surface area contributed by atoms with Crippen molar-refractivity contribution in [3.63, 3.8) is 0 Å². The zero-order valence-corrected chi connectivity index (χ0v) is 10.2. The van der Waals surface area contributed by atoms with Gasteiger partial charge in [0, 0.05) is 38.1 Å². The molecule has 0 aromatic rings. The molecule has 2 unspecified atom stereocenters. The topological polar surface area (TPSA) is 43.8 Å². The third-order valence-corrected chi connectivity index (χ3v) is 3.32. The van der Waals surface area contributed by atoms with Gasteiger partial charge in [0.2, 0.25) is 0 Å². The van der Waals surface area contributed by atoms with E-state index in [1.165, 1.54) is 0 Å². The van der Waals surface area contributed by atoms with Gasteiger partial charge < -0.3 is 10.0 Å². The van der Waals surface area contributed by atoms with Crippen LogP contribution in [0.3, 0.4) is 0 Å². The lowest BCUT2D eigenvalue weighted by Gasteiger charge is -2.43. The summed E-state index contributed by atoms with van der Waals surface area (Å²) in [6.07, 6.45) is 2.87. The van der Waals surface area contributed by atoms with E-state index in [-0.39, 0.29) is 6.42 Å². The van der Waals surface area contributed by atoms with Crippen LogP contribution in [0.4, 0.5) is 0 Å². The Hall–Kier alpha value is -0.870. The molecule has 0 amide bonds. The van der Waals surface area contributed by atoms with Crippen LogP contribution in [0, 0.1) is 0 Å². The molecule has 1 aliphatic rings. The van der Waals surface area contributed by atoms with Crippen LogP contribution in [0.25, 0.3) is 0 Å². The molecule has 0 bridgehead atoms. The van der Waals surface area contributed by atoms with Crippen LogP contribution in [0.1, 0.15) is 19.8 Å². The van der Waals surface area contributed by atoms with E-state index in [9.17, 15) is 4.79 Å². The average molecular weight is 226 g/mol. The van der Waals surface area contributed by atoms with Gasteiger partial charge in [0.15, 0.2) is 0 Å². The highest BCUT2D eigenvalue weighted by Gasteiger charge is 2.28. The average Bonchev–Trinajstić information content (AvgIpc) is 2.21. The largest absolute Gasteiger partial charge is 0.481 e. The minimum absolute atomic E-state index is 0.251. The first-order valence-corrected chi connectivity index (χ1v) is 5.81. The molecule has 0 aliphatic carbocycles. The first-order chi connectivity index (χ1) is 7.54. The number of rotatable bonds is 5. The maximum absolute atomic E-state index is 10.6. The second-order valence-corrected chi connectivity index (χ2v) is 4.62. The molecule has 2 atom stereocenters. The molecule has 0 aromatic heterocycles. The summed E-state index contributed by atoms with van der Waals surface area (Å²) < 4.78 is 0. The van der Waals surface area contributed by atoms with Gasteiger partial charge in [-0.3, -0.25) is 9.69 Å². The third-order valence-electron chi connectivity index (χ3n) is 3.32. The van der Waals surface area contributed by atoms with Crippen molar-refractivity contribution in [2.45, 2.75) is 31.8 Å². The van der Waals surface area contributed by atoms with Crippen LogP contribution in [0.15, 0.2) is 12.7 Å². The predicted octanol–water partition coefficient (Wildman–Crippen LogP) is 1.04. The first kappa shape index (κ1) is 13.2. The highest BCUT2D eigenvalue weighted by molar-refractivity contribution is 5.66. The van der Waals surface area contributed by atoms with Gasteiger partial charge in [-0.1, -0.05) is 6.08 Å². The number of likely N-dealkylation sites (N-methyl/N-ethyl adjacent to an activating group) is 1. The Kier molecular flexibility index (Phi) is 4.96. The minimum atomic E-state index is -0.708. The highest BCUT2D eigenvalue weighted by Crippen LogP contribution is 2.17. The van der Waals surface area contributed by atoms with Gasteiger partial charge in [0.05, 0.1) is 0 Å². The van der Waals surface area contributed by atoms with Crippen LogP contribution in [-0.2, 0) is 4.79 Å². The molecule has 1 saturated heterocycles. The lowest BCUT2D eigenvalue weighted by molar-refractivity contribution is -0.137. The molecular formula is C12H22N2O2. The molecular weight excluding hydrogens is 204 g/mol. The smallest absolute Gasteiger partial charge is 0.303 e. The minimum Gasteiger partial charge on any atom is -0.481 e. The Morgan fingerprint density at radius 3 is 2.81 bits per heavy atom. The van der Waals surface area contributed by atoms with E-state index < -0.39 is 5.97 Å². The fraction of sp³-hybridized carbons (Fsp3) is 0.750. The van der Waals surface area contributed by atoms with E-state index in [4.69, 9.17) is 5.11 Å². The number of hydrogen-bond acceptors (Lipinski definition) is 3. The second-order valence-electron chi connectivity index (χ2n) is 4.62. The molecule has 1 aliphatic heterocycles. The normalized spacial score (nSPS) is 27.9. The third kappa shape index (κ3) is 3.61. The van der Waals surface area contributed by atoms with E-state index in [0.29, 0.717) is 12.1 Å². The van der Waals surface area contributed by atoms with Crippen molar-refractivity contribution < 1.29 is 9.90 Å². The van der Waals surface area contributed by atoms with Gasteiger partial charge >= 0.3 is 5.97 Å².